The molecule has 3 nitrogen and oxygen atoms in total. The molecule has 2 heterocycles. The summed E-state index contributed by atoms with van der Waals surface area (Å²) >= 11 is 2.02. The van der Waals surface area contributed by atoms with E-state index in [9.17, 15) is 0 Å². The molecular weight excluding hydrogens is 220 g/mol. The fraction of sp³-hybridized carbons (Fsp3) is 0.583. The van der Waals surface area contributed by atoms with Crippen molar-refractivity contribution < 1.29 is 5.11 Å². The van der Waals surface area contributed by atoms with Gasteiger partial charge in [0.2, 0.25) is 0 Å². The zero-order valence-corrected chi connectivity index (χ0v) is 10.6. The van der Waals surface area contributed by atoms with Crippen molar-refractivity contribution in [2.24, 2.45) is 0 Å². The van der Waals surface area contributed by atoms with E-state index < -0.39 is 0 Å². The highest BCUT2D eigenvalue weighted by Crippen LogP contribution is 2.28. The molecule has 1 aromatic heterocycles. The largest absolute Gasteiger partial charge is 0.392 e. The Kier molecular flexibility index (Phi) is 3.71. The van der Waals surface area contributed by atoms with Crippen molar-refractivity contribution in [2.45, 2.75) is 31.7 Å². The zero-order valence-electron chi connectivity index (χ0n) is 9.76. The number of rotatable bonds is 2. The van der Waals surface area contributed by atoms with E-state index in [0.29, 0.717) is 11.3 Å². The highest BCUT2D eigenvalue weighted by Gasteiger charge is 2.25. The maximum absolute atomic E-state index is 9.13. The van der Waals surface area contributed by atoms with Gasteiger partial charge in [-0.1, -0.05) is 6.92 Å². The molecule has 0 spiro atoms. The van der Waals surface area contributed by atoms with Crippen LogP contribution in [0.15, 0.2) is 18.3 Å². The van der Waals surface area contributed by atoms with Crippen molar-refractivity contribution in [1.29, 1.82) is 0 Å². The van der Waals surface area contributed by atoms with Crippen molar-refractivity contribution >= 4 is 17.6 Å². The summed E-state index contributed by atoms with van der Waals surface area (Å²) in [4.78, 5) is 6.74. The number of aliphatic hydroxyl groups excluding tert-OH is 1. The van der Waals surface area contributed by atoms with Crippen LogP contribution < -0.4 is 4.90 Å². The van der Waals surface area contributed by atoms with Gasteiger partial charge in [-0.15, -0.1) is 0 Å². The number of pyridine rings is 1. The monoisotopic (exact) mass is 238 g/mol. The topological polar surface area (TPSA) is 36.4 Å². The molecule has 0 aromatic carbocycles. The Morgan fingerprint density at radius 2 is 2.38 bits per heavy atom. The van der Waals surface area contributed by atoms with Gasteiger partial charge in [-0.3, -0.25) is 0 Å². The molecule has 1 fully saturated rings. The molecule has 1 aliphatic heterocycles. The summed E-state index contributed by atoms with van der Waals surface area (Å²) in [6.45, 7) is 5.63. The average molecular weight is 238 g/mol. The molecule has 1 aliphatic rings. The van der Waals surface area contributed by atoms with Crippen LogP contribution in [0.2, 0.25) is 0 Å². The van der Waals surface area contributed by atoms with E-state index in [1.54, 1.807) is 6.20 Å². The van der Waals surface area contributed by atoms with E-state index in [1.165, 1.54) is 0 Å². The van der Waals surface area contributed by atoms with Crippen molar-refractivity contribution in [1.82, 2.24) is 4.98 Å². The molecule has 4 heteroatoms. The molecule has 2 unspecified atom stereocenters. The van der Waals surface area contributed by atoms with E-state index in [4.69, 9.17) is 5.11 Å². The molecule has 2 rings (SSSR count). The second-order valence-electron chi connectivity index (χ2n) is 4.19. The van der Waals surface area contributed by atoms with Crippen molar-refractivity contribution in [3.8, 4) is 0 Å². The van der Waals surface area contributed by atoms with Crippen LogP contribution in [0.5, 0.6) is 0 Å². The maximum Gasteiger partial charge on any atom is 0.129 e. The molecular formula is C12H18N2OS. The summed E-state index contributed by atoms with van der Waals surface area (Å²) < 4.78 is 0. The van der Waals surface area contributed by atoms with Gasteiger partial charge >= 0.3 is 0 Å². The van der Waals surface area contributed by atoms with E-state index >= 15 is 0 Å². The molecule has 0 aliphatic carbocycles. The van der Waals surface area contributed by atoms with Crippen LogP contribution in [0.4, 0.5) is 5.82 Å². The highest BCUT2D eigenvalue weighted by atomic mass is 32.2. The molecule has 2 atom stereocenters. The Balaban J connectivity index is 2.21. The minimum Gasteiger partial charge on any atom is -0.392 e. The van der Waals surface area contributed by atoms with Gasteiger partial charge in [0.05, 0.1) is 6.61 Å². The van der Waals surface area contributed by atoms with E-state index in [1.807, 2.05) is 23.9 Å². The first-order valence-corrected chi connectivity index (χ1v) is 6.71. The van der Waals surface area contributed by atoms with Crippen LogP contribution in [-0.4, -0.2) is 33.7 Å². The Hall–Kier alpha value is -0.740. The summed E-state index contributed by atoms with van der Waals surface area (Å²) in [6.07, 6.45) is 1.78. The van der Waals surface area contributed by atoms with Gasteiger partial charge in [0.15, 0.2) is 0 Å². The predicted octanol–water partition coefficient (Wildman–Crippen LogP) is 1.90. The van der Waals surface area contributed by atoms with Gasteiger partial charge in [-0.05, 0) is 24.6 Å². The minimum atomic E-state index is 0.0854. The second-order valence-corrected chi connectivity index (χ2v) is 5.68. The smallest absolute Gasteiger partial charge is 0.129 e. The first-order chi connectivity index (χ1) is 7.72. The third-order valence-corrected chi connectivity index (χ3v) is 4.51. The fourth-order valence-electron chi connectivity index (χ4n) is 1.97. The van der Waals surface area contributed by atoms with Crippen LogP contribution in [-0.2, 0) is 6.61 Å². The number of aromatic nitrogens is 1. The van der Waals surface area contributed by atoms with Crippen LogP contribution in [0.25, 0.3) is 0 Å². The van der Waals surface area contributed by atoms with Gasteiger partial charge in [0.1, 0.15) is 5.82 Å². The quantitative estimate of drug-likeness (QED) is 0.854. The molecule has 0 saturated carbocycles. The number of thioether (sulfide) groups is 1. The summed E-state index contributed by atoms with van der Waals surface area (Å²) in [5.74, 6) is 2.14. The van der Waals surface area contributed by atoms with Gasteiger partial charge in [0, 0.05) is 29.8 Å². The number of hydrogen-bond donors (Lipinski definition) is 1. The van der Waals surface area contributed by atoms with Crippen LogP contribution in [0, 0.1) is 0 Å². The first kappa shape index (κ1) is 11.7. The molecule has 1 aromatic rings. The Morgan fingerprint density at radius 1 is 1.56 bits per heavy atom. The molecule has 0 amide bonds. The number of anilines is 1. The van der Waals surface area contributed by atoms with Gasteiger partial charge < -0.3 is 10.0 Å². The molecule has 0 radical (unpaired) electrons. The van der Waals surface area contributed by atoms with Gasteiger partial charge in [-0.25, -0.2) is 4.98 Å². The normalized spacial score (nSPS) is 25.8. The second kappa shape index (κ2) is 5.06. The molecule has 1 N–H and O–H groups in total. The Bertz CT molecular complexity index is 359. The summed E-state index contributed by atoms with van der Waals surface area (Å²) in [6, 6.07) is 4.34. The van der Waals surface area contributed by atoms with Crippen LogP contribution in [0.1, 0.15) is 19.4 Å². The molecule has 0 bridgehead atoms. The SMILES string of the molecule is CC1SCCN(c2cc(CO)ccn2)C1C. The average Bonchev–Trinajstić information content (AvgIpc) is 2.33. The summed E-state index contributed by atoms with van der Waals surface area (Å²) in [5, 5.41) is 9.76. The number of aliphatic hydroxyl groups is 1. The molecule has 1 saturated heterocycles. The maximum atomic E-state index is 9.13. The zero-order chi connectivity index (χ0) is 11.5. The third kappa shape index (κ3) is 2.33. The third-order valence-electron chi connectivity index (χ3n) is 3.17. The van der Waals surface area contributed by atoms with E-state index in [0.717, 1.165) is 23.7 Å². The lowest BCUT2D eigenvalue weighted by Gasteiger charge is -2.38. The van der Waals surface area contributed by atoms with Crippen molar-refractivity contribution in [3.05, 3.63) is 23.9 Å². The number of nitrogens with zero attached hydrogens (tertiary/aromatic N) is 2. The van der Waals surface area contributed by atoms with Crippen LogP contribution in [0.3, 0.4) is 0 Å². The number of hydrogen-bond acceptors (Lipinski definition) is 4. The van der Waals surface area contributed by atoms with E-state index in [2.05, 4.69) is 23.7 Å². The van der Waals surface area contributed by atoms with Crippen LogP contribution >= 0.6 is 11.8 Å². The standard InChI is InChI=1S/C12H18N2OS/c1-9-10(2)16-6-5-14(9)12-7-11(8-15)3-4-13-12/h3-4,7,9-10,15H,5-6,8H2,1-2H3. The van der Waals surface area contributed by atoms with E-state index in [-0.39, 0.29) is 6.61 Å². The predicted molar refractivity (Wildman–Crippen MR) is 68.9 cm³/mol. The summed E-state index contributed by atoms with van der Waals surface area (Å²) in [7, 11) is 0. The highest BCUT2D eigenvalue weighted by molar-refractivity contribution is 8.00. The Morgan fingerprint density at radius 3 is 3.12 bits per heavy atom. The van der Waals surface area contributed by atoms with Crippen molar-refractivity contribution in [2.75, 3.05) is 17.2 Å². The summed E-state index contributed by atoms with van der Waals surface area (Å²) in [5.41, 5.74) is 0.933. The fourth-order valence-corrected chi connectivity index (χ4v) is 3.07. The van der Waals surface area contributed by atoms with Crippen molar-refractivity contribution in [3.63, 3.8) is 0 Å². The molecule has 16 heavy (non-hydrogen) atoms. The first-order valence-electron chi connectivity index (χ1n) is 5.66. The lowest BCUT2D eigenvalue weighted by atomic mass is 10.2. The lowest BCUT2D eigenvalue weighted by molar-refractivity contribution is 0.281. The lowest BCUT2D eigenvalue weighted by Crippen LogP contribution is -2.45. The minimum absolute atomic E-state index is 0.0854. The Labute approximate surface area is 101 Å². The molecule has 88 valence electrons. The van der Waals surface area contributed by atoms with Gasteiger partial charge in [-0.2, -0.15) is 11.8 Å². The van der Waals surface area contributed by atoms with Gasteiger partial charge in [0.25, 0.3) is 0 Å².